The standard InChI is InChI=1S/C7H15NO.C2H6/c1-5-2-3-6(8)4-7(5)9;1-2/h5-7,9H,2-4,8H2,1H3;1-2H3. The molecule has 0 aromatic heterocycles. The molecule has 0 aromatic carbocycles. The predicted octanol–water partition coefficient (Wildman–Crippen LogP) is 1.52. The van der Waals surface area contributed by atoms with Crippen molar-refractivity contribution in [3.05, 3.63) is 0 Å². The monoisotopic (exact) mass is 159 g/mol. The molecule has 0 saturated heterocycles. The van der Waals surface area contributed by atoms with Crippen molar-refractivity contribution in [2.24, 2.45) is 11.7 Å². The van der Waals surface area contributed by atoms with Gasteiger partial charge in [0.1, 0.15) is 0 Å². The molecule has 2 nitrogen and oxygen atoms in total. The molecule has 1 aliphatic rings. The first kappa shape index (κ1) is 10.9. The highest BCUT2D eigenvalue weighted by Crippen LogP contribution is 2.22. The van der Waals surface area contributed by atoms with Crippen molar-refractivity contribution in [1.29, 1.82) is 0 Å². The van der Waals surface area contributed by atoms with Gasteiger partial charge in [0.15, 0.2) is 0 Å². The predicted molar refractivity (Wildman–Crippen MR) is 48.3 cm³/mol. The summed E-state index contributed by atoms with van der Waals surface area (Å²) in [5, 5.41) is 9.27. The Kier molecular flexibility index (Phi) is 5.51. The van der Waals surface area contributed by atoms with Gasteiger partial charge in [0.2, 0.25) is 0 Å². The van der Waals surface area contributed by atoms with Gasteiger partial charge in [0.05, 0.1) is 6.10 Å². The first-order chi connectivity index (χ1) is 5.20. The van der Waals surface area contributed by atoms with E-state index in [1.54, 1.807) is 0 Å². The van der Waals surface area contributed by atoms with Crippen LogP contribution in [0.4, 0.5) is 0 Å². The Morgan fingerprint density at radius 3 is 2.18 bits per heavy atom. The lowest BCUT2D eigenvalue weighted by Crippen LogP contribution is -2.35. The van der Waals surface area contributed by atoms with Crippen LogP contribution in [0.2, 0.25) is 0 Å². The number of hydrogen-bond donors (Lipinski definition) is 2. The number of nitrogens with two attached hydrogens (primary N) is 1. The van der Waals surface area contributed by atoms with E-state index in [0.717, 1.165) is 19.3 Å². The maximum absolute atomic E-state index is 9.27. The Hall–Kier alpha value is -0.0800. The molecule has 1 saturated carbocycles. The Balaban J connectivity index is 0.000000461. The van der Waals surface area contributed by atoms with Gasteiger partial charge in [-0.3, -0.25) is 0 Å². The summed E-state index contributed by atoms with van der Waals surface area (Å²) < 4.78 is 0. The van der Waals surface area contributed by atoms with Crippen molar-refractivity contribution in [1.82, 2.24) is 0 Å². The van der Waals surface area contributed by atoms with Crippen molar-refractivity contribution in [3.63, 3.8) is 0 Å². The maximum atomic E-state index is 9.27. The highest BCUT2D eigenvalue weighted by Gasteiger charge is 2.22. The second kappa shape index (κ2) is 5.56. The number of aliphatic hydroxyl groups is 1. The fourth-order valence-corrected chi connectivity index (χ4v) is 1.33. The molecule has 1 fully saturated rings. The molecule has 3 atom stereocenters. The molecule has 1 rings (SSSR count). The van der Waals surface area contributed by atoms with Crippen LogP contribution in [-0.2, 0) is 0 Å². The van der Waals surface area contributed by atoms with Crippen molar-refractivity contribution >= 4 is 0 Å². The second-order valence-electron chi connectivity index (χ2n) is 3.12. The van der Waals surface area contributed by atoms with Crippen LogP contribution in [0, 0.1) is 5.92 Å². The van der Waals surface area contributed by atoms with Gasteiger partial charge in [-0.05, 0) is 25.2 Å². The number of aliphatic hydroxyl groups excluding tert-OH is 1. The lowest BCUT2D eigenvalue weighted by atomic mass is 9.85. The van der Waals surface area contributed by atoms with Gasteiger partial charge in [0, 0.05) is 6.04 Å². The molecule has 3 unspecified atom stereocenters. The van der Waals surface area contributed by atoms with Gasteiger partial charge in [-0.2, -0.15) is 0 Å². The smallest absolute Gasteiger partial charge is 0.0580 e. The molecule has 0 amide bonds. The largest absolute Gasteiger partial charge is 0.393 e. The summed E-state index contributed by atoms with van der Waals surface area (Å²) >= 11 is 0. The average Bonchev–Trinajstić information content (AvgIpc) is 2.02. The van der Waals surface area contributed by atoms with Gasteiger partial charge < -0.3 is 10.8 Å². The van der Waals surface area contributed by atoms with Crippen molar-refractivity contribution < 1.29 is 5.11 Å². The number of hydrogen-bond acceptors (Lipinski definition) is 2. The van der Waals surface area contributed by atoms with E-state index in [2.05, 4.69) is 6.92 Å². The fourth-order valence-electron chi connectivity index (χ4n) is 1.33. The third kappa shape index (κ3) is 3.73. The van der Waals surface area contributed by atoms with E-state index < -0.39 is 0 Å². The summed E-state index contributed by atoms with van der Waals surface area (Å²) in [5.74, 6) is 0.463. The van der Waals surface area contributed by atoms with Crippen LogP contribution < -0.4 is 5.73 Å². The topological polar surface area (TPSA) is 46.2 Å². The Labute approximate surface area is 69.8 Å². The molecular formula is C9H21NO. The Morgan fingerprint density at radius 1 is 1.27 bits per heavy atom. The zero-order valence-electron chi connectivity index (χ0n) is 7.88. The van der Waals surface area contributed by atoms with E-state index in [9.17, 15) is 5.11 Å². The first-order valence-corrected chi connectivity index (χ1v) is 4.64. The van der Waals surface area contributed by atoms with E-state index >= 15 is 0 Å². The molecule has 68 valence electrons. The van der Waals surface area contributed by atoms with Crippen LogP contribution >= 0.6 is 0 Å². The number of rotatable bonds is 0. The molecule has 0 spiro atoms. The van der Waals surface area contributed by atoms with Gasteiger partial charge in [-0.1, -0.05) is 20.8 Å². The minimum absolute atomic E-state index is 0.145. The van der Waals surface area contributed by atoms with Gasteiger partial charge >= 0.3 is 0 Å². The SMILES string of the molecule is CC.CC1CCC(N)CC1O. The molecule has 0 aliphatic heterocycles. The quantitative estimate of drug-likeness (QED) is 0.563. The molecular weight excluding hydrogens is 138 g/mol. The van der Waals surface area contributed by atoms with E-state index in [4.69, 9.17) is 5.73 Å². The van der Waals surface area contributed by atoms with Gasteiger partial charge in [-0.15, -0.1) is 0 Å². The zero-order valence-corrected chi connectivity index (χ0v) is 7.88. The van der Waals surface area contributed by atoms with E-state index in [-0.39, 0.29) is 12.1 Å². The van der Waals surface area contributed by atoms with Crippen LogP contribution in [0.15, 0.2) is 0 Å². The highest BCUT2D eigenvalue weighted by molar-refractivity contribution is 4.78. The summed E-state index contributed by atoms with van der Waals surface area (Å²) in [6.07, 6.45) is 2.82. The molecule has 11 heavy (non-hydrogen) atoms. The lowest BCUT2D eigenvalue weighted by molar-refractivity contribution is 0.0708. The van der Waals surface area contributed by atoms with Crippen LogP contribution in [0.25, 0.3) is 0 Å². The molecule has 0 heterocycles. The van der Waals surface area contributed by atoms with E-state index in [1.807, 2.05) is 13.8 Å². The van der Waals surface area contributed by atoms with Gasteiger partial charge in [0.25, 0.3) is 0 Å². The summed E-state index contributed by atoms with van der Waals surface area (Å²) in [4.78, 5) is 0. The average molecular weight is 159 g/mol. The van der Waals surface area contributed by atoms with E-state index in [0.29, 0.717) is 5.92 Å². The molecule has 0 aromatic rings. The molecule has 0 bridgehead atoms. The zero-order chi connectivity index (χ0) is 8.85. The summed E-state index contributed by atoms with van der Waals surface area (Å²) in [6, 6.07) is 0.246. The van der Waals surface area contributed by atoms with Crippen LogP contribution in [0.3, 0.4) is 0 Å². The molecule has 1 aliphatic carbocycles. The fraction of sp³-hybridized carbons (Fsp3) is 1.00. The summed E-state index contributed by atoms with van der Waals surface area (Å²) in [5.41, 5.74) is 5.63. The van der Waals surface area contributed by atoms with Crippen LogP contribution in [0.5, 0.6) is 0 Å². The highest BCUT2D eigenvalue weighted by atomic mass is 16.3. The maximum Gasteiger partial charge on any atom is 0.0580 e. The molecule has 0 radical (unpaired) electrons. The minimum atomic E-state index is -0.145. The third-order valence-electron chi connectivity index (χ3n) is 2.19. The Morgan fingerprint density at radius 2 is 1.82 bits per heavy atom. The van der Waals surface area contributed by atoms with Crippen molar-refractivity contribution in [2.75, 3.05) is 0 Å². The second-order valence-corrected chi connectivity index (χ2v) is 3.12. The third-order valence-corrected chi connectivity index (χ3v) is 2.19. The van der Waals surface area contributed by atoms with E-state index in [1.165, 1.54) is 0 Å². The summed E-state index contributed by atoms with van der Waals surface area (Å²) in [6.45, 7) is 6.08. The van der Waals surface area contributed by atoms with Crippen molar-refractivity contribution in [3.8, 4) is 0 Å². The molecule has 3 N–H and O–H groups in total. The van der Waals surface area contributed by atoms with Crippen molar-refractivity contribution in [2.45, 2.75) is 52.2 Å². The normalized spacial score (nSPS) is 37.4. The van der Waals surface area contributed by atoms with Gasteiger partial charge in [-0.25, -0.2) is 0 Å². The minimum Gasteiger partial charge on any atom is -0.393 e. The lowest BCUT2D eigenvalue weighted by Gasteiger charge is -2.28. The van der Waals surface area contributed by atoms with Crippen LogP contribution in [-0.4, -0.2) is 17.3 Å². The first-order valence-electron chi connectivity index (χ1n) is 4.64. The van der Waals surface area contributed by atoms with Crippen LogP contribution in [0.1, 0.15) is 40.0 Å². The Bertz CT molecular complexity index is 95.6. The summed E-state index contributed by atoms with van der Waals surface area (Å²) in [7, 11) is 0. The molecule has 2 heteroatoms.